The number of aromatic nitrogens is 3. The van der Waals surface area contributed by atoms with Crippen LogP contribution in [0.1, 0.15) is 26.3 Å². The van der Waals surface area contributed by atoms with Crippen LogP contribution in [-0.2, 0) is 9.53 Å². The number of ketones is 1. The monoisotopic (exact) mass is 363 g/mol. The Morgan fingerprint density at radius 1 is 1.36 bits per heavy atom. The number of benzene rings is 1. The molecule has 0 aliphatic carbocycles. The van der Waals surface area contributed by atoms with Crippen molar-refractivity contribution in [3.05, 3.63) is 47.0 Å². The highest BCUT2D eigenvalue weighted by Crippen LogP contribution is 2.22. The predicted molar refractivity (Wildman–Crippen MR) is 89.0 cm³/mol. The molecule has 116 valence electrons. The number of nitrogens with zero attached hydrogens (tertiary/aromatic N) is 3. The Bertz CT molecular complexity index is 661. The summed E-state index contributed by atoms with van der Waals surface area (Å²) in [5.41, 5.74) is 0.384. The second-order valence-electron chi connectivity index (χ2n) is 5.19. The maximum atomic E-state index is 12.8. The molecule has 5 nitrogen and oxygen atoms in total. The number of halogens is 1. The molecule has 22 heavy (non-hydrogen) atoms. The Labute approximate surface area is 138 Å². The molecule has 0 saturated heterocycles. The largest absolute Gasteiger partial charge is 0.368 e. The summed E-state index contributed by atoms with van der Waals surface area (Å²) in [5, 5.41) is 4.08. The van der Waals surface area contributed by atoms with Gasteiger partial charge in [-0.15, -0.1) is 0 Å². The molecule has 1 heterocycles. The standard InChI is InChI=1S/C16H18BrN3O2/c1-4-22-16(2,3)15(21)14(20-11-18-10-19-20)9-12-5-7-13(17)8-6-12/h5-11H,4H2,1-3H3/b14-9-. The van der Waals surface area contributed by atoms with Crippen LogP contribution in [0.2, 0.25) is 0 Å². The molecule has 0 bridgehead atoms. The first-order valence-electron chi connectivity index (χ1n) is 6.95. The van der Waals surface area contributed by atoms with E-state index in [0.29, 0.717) is 12.3 Å². The van der Waals surface area contributed by atoms with E-state index in [9.17, 15) is 4.79 Å². The van der Waals surface area contributed by atoms with E-state index >= 15 is 0 Å². The number of hydrogen-bond acceptors (Lipinski definition) is 4. The molecule has 0 atom stereocenters. The first kappa shape index (κ1) is 16.6. The lowest BCUT2D eigenvalue weighted by atomic mass is 9.99. The topological polar surface area (TPSA) is 57.0 Å². The molecule has 2 aromatic rings. The Morgan fingerprint density at radius 3 is 2.59 bits per heavy atom. The second-order valence-corrected chi connectivity index (χ2v) is 6.11. The SMILES string of the molecule is CCOC(C)(C)C(=O)/C(=C/c1ccc(Br)cc1)n1cncn1. The van der Waals surface area contributed by atoms with Crippen LogP contribution in [0.4, 0.5) is 0 Å². The van der Waals surface area contributed by atoms with E-state index in [1.165, 1.54) is 17.3 Å². The van der Waals surface area contributed by atoms with E-state index in [2.05, 4.69) is 26.0 Å². The maximum absolute atomic E-state index is 12.8. The molecule has 0 aliphatic heterocycles. The lowest BCUT2D eigenvalue weighted by Crippen LogP contribution is -2.37. The van der Waals surface area contributed by atoms with Crippen molar-refractivity contribution in [1.29, 1.82) is 0 Å². The molecule has 0 spiro atoms. The molecule has 0 amide bonds. The van der Waals surface area contributed by atoms with Gasteiger partial charge >= 0.3 is 0 Å². The second kappa shape index (κ2) is 6.98. The summed E-state index contributed by atoms with van der Waals surface area (Å²) in [7, 11) is 0. The van der Waals surface area contributed by atoms with Crippen LogP contribution in [0.3, 0.4) is 0 Å². The minimum absolute atomic E-state index is 0.150. The van der Waals surface area contributed by atoms with E-state index in [1.54, 1.807) is 19.9 Å². The summed E-state index contributed by atoms with van der Waals surface area (Å²) in [6.07, 6.45) is 4.69. The molecule has 0 N–H and O–H groups in total. The fourth-order valence-corrected chi connectivity index (χ4v) is 2.28. The minimum Gasteiger partial charge on any atom is -0.368 e. The third kappa shape index (κ3) is 3.90. The maximum Gasteiger partial charge on any atom is 0.212 e. The Balaban J connectivity index is 2.44. The summed E-state index contributed by atoms with van der Waals surface area (Å²) < 4.78 is 8.01. The molecular formula is C16H18BrN3O2. The molecule has 0 saturated carbocycles. The van der Waals surface area contributed by atoms with Gasteiger partial charge in [0, 0.05) is 11.1 Å². The van der Waals surface area contributed by atoms with Crippen LogP contribution in [0.25, 0.3) is 11.8 Å². The highest BCUT2D eigenvalue weighted by atomic mass is 79.9. The van der Waals surface area contributed by atoms with Gasteiger partial charge in [0.2, 0.25) is 5.78 Å². The smallest absolute Gasteiger partial charge is 0.212 e. The zero-order valence-corrected chi connectivity index (χ0v) is 14.4. The average molecular weight is 364 g/mol. The van der Waals surface area contributed by atoms with Crippen LogP contribution >= 0.6 is 15.9 Å². The van der Waals surface area contributed by atoms with Crippen molar-refractivity contribution in [2.24, 2.45) is 0 Å². The number of carbonyl (C=O) groups excluding carboxylic acids is 1. The normalized spacial score (nSPS) is 12.5. The van der Waals surface area contributed by atoms with Gasteiger partial charge in [0.25, 0.3) is 0 Å². The average Bonchev–Trinajstić information content (AvgIpc) is 3.00. The Kier molecular flexibility index (Phi) is 5.26. The molecule has 6 heteroatoms. The molecular weight excluding hydrogens is 346 g/mol. The first-order valence-corrected chi connectivity index (χ1v) is 7.74. The van der Waals surface area contributed by atoms with E-state index in [1.807, 2.05) is 31.2 Å². The lowest BCUT2D eigenvalue weighted by molar-refractivity contribution is -0.133. The van der Waals surface area contributed by atoms with Crippen LogP contribution in [0.5, 0.6) is 0 Å². The van der Waals surface area contributed by atoms with E-state index in [0.717, 1.165) is 10.0 Å². The summed E-state index contributed by atoms with van der Waals surface area (Å²) in [6.45, 7) is 5.83. The van der Waals surface area contributed by atoms with Gasteiger partial charge in [0.05, 0.1) is 0 Å². The van der Waals surface area contributed by atoms with E-state index < -0.39 is 5.60 Å². The number of Topliss-reactive ketones (excluding diaryl/α,β-unsaturated/α-hetero) is 1. The van der Waals surface area contributed by atoms with Crippen molar-refractivity contribution in [2.75, 3.05) is 6.61 Å². The molecule has 0 fully saturated rings. The molecule has 1 aromatic carbocycles. The highest BCUT2D eigenvalue weighted by molar-refractivity contribution is 9.10. The highest BCUT2D eigenvalue weighted by Gasteiger charge is 2.32. The molecule has 0 radical (unpaired) electrons. The summed E-state index contributed by atoms with van der Waals surface area (Å²) >= 11 is 3.40. The van der Waals surface area contributed by atoms with Crippen LogP contribution in [0.15, 0.2) is 41.4 Å². The lowest BCUT2D eigenvalue weighted by Gasteiger charge is -2.24. The number of ether oxygens (including phenoxy) is 1. The van der Waals surface area contributed by atoms with Crippen LogP contribution < -0.4 is 0 Å². The number of carbonyl (C=O) groups is 1. The van der Waals surface area contributed by atoms with Gasteiger partial charge in [-0.25, -0.2) is 9.67 Å². The van der Waals surface area contributed by atoms with Crippen LogP contribution in [0, 0.1) is 0 Å². The van der Waals surface area contributed by atoms with Gasteiger partial charge in [0.15, 0.2) is 0 Å². The Morgan fingerprint density at radius 2 is 2.05 bits per heavy atom. The zero-order chi connectivity index (χ0) is 16.2. The van der Waals surface area contributed by atoms with E-state index in [4.69, 9.17) is 4.74 Å². The zero-order valence-electron chi connectivity index (χ0n) is 12.8. The van der Waals surface area contributed by atoms with Crippen LogP contribution in [-0.4, -0.2) is 32.8 Å². The van der Waals surface area contributed by atoms with Crippen molar-refractivity contribution in [3.8, 4) is 0 Å². The molecule has 0 aliphatic rings. The minimum atomic E-state index is -0.929. The summed E-state index contributed by atoms with van der Waals surface area (Å²) in [6, 6.07) is 7.68. The van der Waals surface area contributed by atoms with Gasteiger partial charge in [-0.1, -0.05) is 28.1 Å². The number of hydrogen-bond donors (Lipinski definition) is 0. The quantitative estimate of drug-likeness (QED) is 0.737. The fourth-order valence-electron chi connectivity index (χ4n) is 2.02. The third-order valence-electron chi connectivity index (χ3n) is 3.12. The summed E-state index contributed by atoms with van der Waals surface area (Å²) in [5.74, 6) is -0.150. The van der Waals surface area contributed by atoms with Gasteiger partial charge in [-0.05, 0) is 44.5 Å². The van der Waals surface area contributed by atoms with Gasteiger partial charge in [0.1, 0.15) is 24.0 Å². The number of rotatable bonds is 6. The Hall–Kier alpha value is -1.79. The fraction of sp³-hybridized carbons (Fsp3) is 0.312. The third-order valence-corrected chi connectivity index (χ3v) is 3.65. The predicted octanol–water partition coefficient (Wildman–Crippen LogP) is 3.42. The molecule has 1 aromatic heterocycles. The van der Waals surface area contributed by atoms with E-state index in [-0.39, 0.29) is 5.78 Å². The van der Waals surface area contributed by atoms with Crippen molar-refractivity contribution in [3.63, 3.8) is 0 Å². The van der Waals surface area contributed by atoms with Gasteiger partial charge in [-0.3, -0.25) is 4.79 Å². The molecule has 2 rings (SSSR count). The first-order chi connectivity index (χ1) is 10.4. The summed E-state index contributed by atoms with van der Waals surface area (Å²) in [4.78, 5) is 16.8. The van der Waals surface area contributed by atoms with Crippen molar-refractivity contribution >= 4 is 33.5 Å². The van der Waals surface area contributed by atoms with Crippen molar-refractivity contribution < 1.29 is 9.53 Å². The van der Waals surface area contributed by atoms with Crippen molar-refractivity contribution in [2.45, 2.75) is 26.4 Å². The van der Waals surface area contributed by atoms with Gasteiger partial charge in [-0.2, -0.15) is 5.10 Å². The van der Waals surface area contributed by atoms with Crippen molar-refractivity contribution in [1.82, 2.24) is 14.8 Å². The van der Waals surface area contributed by atoms with Gasteiger partial charge < -0.3 is 4.74 Å². The molecule has 0 unspecified atom stereocenters.